The van der Waals surface area contributed by atoms with E-state index in [9.17, 15) is 0 Å². The minimum absolute atomic E-state index is 0.228. The van der Waals surface area contributed by atoms with Crippen LogP contribution in [0.15, 0.2) is 12.7 Å². The van der Waals surface area contributed by atoms with Gasteiger partial charge < -0.3 is 23.0 Å². The second-order valence-corrected chi connectivity index (χ2v) is 31.5. The van der Waals surface area contributed by atoms with Crippen molar-refractivity contribution in [2.75, 3.05) is 11.6 Å². The van der Waals surface area contributed by atoms with Gasteiger partial charge in [0.05, 0.1) is 12.9 Å². The van der Waals surface area contributed by atoms with Gasteiger partial charge in [-0.1, -0.05) is 19.6 Å². The number of fused-ring (bicyclic) bond motifs is 1. The van der Waals surface area contributed by atoms with Crippen molar-refractivity contribution in [3.05, 3.63) is 12.7 Å². The molecule has 1 saturated heterocycles. The molecule has 4 atom stereocenters. The van der Waals surface area contributed by atoms with Gasteiger partial charge in [-0.05, 0) is 58.9 Å². The highest BCUT2D eigenvalue weighted by Gasteiger charge is 2.50. The van der Waals surface area contributed by atoms with Crippen molar-refractivity contribution >= 4 is 50.2 Å². The molecule has 9 nitrogen and oxygen atoms in total. The number of aromatic nitrogens is 4. The predicted octanol–water partition coefficient (Wildman–Crippen LogP) is 5.26. The van der Waals surface area contributed by atoms with Crippen molar-refractivity contribution in [1.29, 1.82) is 0 Å². The lowest BCUT2D eigenvalue weighted by molar-refractivity contribution is -0.0457. The first-order valence-electron chi connectivity index (χ1n) is 12.4. The fraction of sp³-hybridized carbons (Fsp3) is 0.773. The zero-order valence-electron chi connectivity index (χ0n) is 23.6. The Morgan fingerprint density at radius 2 is 1.43 bits per heavy atom. The maximum absolute atomic E-state index is 6.78. The van der Waals surface area contributed by atoms with Crippen molar-refractivity contribution in [1.82, 2.24) is 19.5 Å². The number of rotatable bonds is 10. The summed E-state index contributed by atoms with van der Waals surface area (Å²) in [5.41, 5.74) is 1.48. The van der Waals surface area contributed by atoms with Gasteiger partial charge in [0.2, 0.25) is 0 Å². The standard InChI is InChI=1S/C22H45N5O4Si4/c1-32(2,3)26-20-17-21(24-14-23-20)27(15-25-17)22-19(31-35(10,11)12)18(30-34(7,8)9)16(29-22)13-28-33(4,5)6/h14-16,18-19,22H,13H2,1-12H3,(H,23,24,26)/t16-,18-,19-,22-/m0/s1. The summed E-state index contributed by atoms with van der Waals surface area (Å²) in [4.78, 5) is 17.4. The van der Waals surface area contributed by atoms with Gasteiger partial charge in [-0.15, -0.1) is 0 Å². The van der Waals surface area contributed by atoms with E-state index < -0.39 is 39.4 Å². The van der Waals surface area contributed by atoms with Gasteiger partial charge >= 0.3 is 0 Å². The molecule has 2 aromatic heterocycles. The zero-order chi connectivity index (χ0) is 26.4. The average molecular weight is 556 g/mol. The molecule has 0 amide bonds. The van der Waals surface area contributed by atoms with Crippen LogP contribution in [-0.2, 0) is 18.0 Å². The molecule has 3 heterocycles. The largest absolute Gasteiger partial charge is 0.415 e. The molecule has 0 saturated carbocycles. The van der Waals surface area contributed by atoms with Crippen molar-refractivity contribution in [2.45, 2.75) is 103 Å². The number of hydrogen-bond donors (Lipinski definition) is 1. The second-order valence-electron chi connectivity index (χ2n) is 13.3. The molecule has 0 aliphatic carbocycles. The van der Waals surface area contributed by atoms with E-state index in [1.807, 2.05) is 4.57 Å². The molecule has 35 heavy (non-hydrogen) atoms. The van der Waals surface area contributed by atoms with Crippen LogP contribution in [0.5, 0.6) is 0 Å². The summed E-state index contributed by atoms with van der Waals surface area (Å²) in [7, 11) is -7.22. The van der Waals surface area contributed by atoms with Gasteiger partial charge in [0, 0.05) is 0 Å². The van der Waals surface area contributed by atoms with Gasteiger partial charge in [0.1, 0.15) is 44.2 Å². The van der Waals surface area contributed by atoms with Gasteiger partial charge in [-0.3, -0.25) is 4.57 Å². The van der Waals surface area contributed by atoms with Crippen LogP contribution in [0.2, 0.25) is 78.6 Å². The van der Waals surface area contributed by atoms with E-state index in [1.165, 1.54) is 0 Å². The Labute approximate surface area is 214 Å². The number of imidazole rings is 1. The molecule has 0 radical (unpaired) electrons. The Morgan fingerprint density at radius 1 is 0.829 bits per heavy atom. The summed E-state index contributed by atoms with van der Waals surface area (Å²) in [5, 5.41) is 0. The van der Waals surface area contributed by atoms with E-state index in [4.69, 9.17) is 23.0 Å². The van der Waals surface area contributed by atoms with Crippen LogP contribution >= 0.6 is 0 Å². The van der Waals surface area contributed by atoms with Gasteiger partial charge in [0.15, 0.2) is 36.8 Å². The zero-order valence-corrected chi connectivity index (χ0v) is 27.6. The maximum Gasteiger partial charge on any atom is 0.184 e. The highest BCUT2D eigenvalue weighted by Crippen LogP contribution is 2.39. The Kier molecular flexibility index (Phi) is 8.24. The molecule has 0 unspecified atom stereocenters. The highest BCUT2D eigenvalue weighted by atomic mass is 28.4. The lowest BCUT2D eigenvalue weighted by atomic mass is 10.1. The molecule has 0 aromatic carbocycles. The maximum atomic E-state index is 6.78. The molecule has 198 valence electrons. The van der Waals surface area contributed by atoms with E-state index in [0.29, 0.717) is 6.61 Å². The fourth-order valence-electron chi connectivity index (χ4n) is 3.97. The molecule has 3 rings (SSSR count). The molecular weight excluding hydrogens is 511 g/mol. The topological polar surface area (TPSA) is 92.6 Å². The molecular formula is C22H45N5O4Si4. The molecule has 0 spiro atoms. The van der Waals surface area contributed by atoms with Crippen molar-refractivity contribution in [3.8, 4) is 0 Å². The van der Waals surface area contributed by atoms with Crippen LogP contribution in [0.25, 0.3) is 11.2 Å². The predicted molar refractivity (Wildman–Crippen MR) is 152 cm³/mol. The lowest BCUT2D eigenvalue weighted by Gasteiger charge is -2.34. The summed E-state index contributed by atoms with van der Waals surface area (Å²) in [6.45, 7) is 27.0. The molecule has 1 N–H and O–H groups in total. The van der Waals surface area contributed by atoms with Crippen molar-refractivity contribution < 1.29 is 18.0 Å². The van der Waals surface area contributed by atoms with E-state index in [2.05, 4.69) is 93.5 Å². The first kappa shape index (κ1) is 28.6. The smallest absolute Gasteiger partial charge is 0.184 e. The summed E-state index contributed by atoms with van der Waals surface area (Å²) in [6, 6.07) is 0. The molecule has 13 heteroatoms. The van der Waals surface area contributed by atoms with E-state index >= 15 is 0 Å². The molecule has 1 aliphatic heterocycles. The van der Waals surface area contributed by atoms with Crippen LogP contribution in [-0.4, -0.2) is 77.6 Å². The number of ether oxygens (including phenoxy) is 1. The normalized spacial score (nSPS) is 24.3. The Balaban J connectivity index is 2.05. The van der Waals surface area contributed by atoms with E-state index in [-0.39, 0.29) is 18.3 Å². The van der Waals surface area contributed by atoms with Crippen molar-refractivity contribution in [3.63, 3.8) is 0 Å². The summed E-state index contributed by atoms with van der Waals surface area (Å²) >= 11 is 0. The number of hydrogen-bond acceptors (Lipinski definition) is 8. The van der Waals surface area contributed by atoms with E-state index in [1.54, 1.807) is 12.7 Å². The summed E-state index contributed by atoms with van der Waals surface area (Å²) in [5.74, 6) is 0.766. The van der Waals surface area contributed by atoms with Gasteiger partial charge in [-0.25, -0.2) is 15.0 Å². The van der Waals surface area contributed by atoms with Crippen LogP contribution in [0.4, 0.5) is 5.82 Å². The quantitative estimate of drug-likeness (QED) is 0.397. The number of nitrogens with zero attached hydrogens (tertiary/aromatic N) is 4. The van der Waals surface area contributed by atoms with E-state index in [0.717, 1.165) is 17.0 Å². The fourth-order valence-corrected chi connectivity index (χ4v) is 7.69. The summed E-state index contributed by atoms with van der Waals surface area (Å²) < 4.78 is 28.5. The van der Waals surface area contributed by atoms with Gasteiger partial charge in [-0.2, -0.15) is 0 Å². The molecule has 2 aromatic rings. The number of anilines is 1. The summed E-state index contributed by atoms with van der Waals surface area (Å²) in [6.07, 6.45) is 2.22. The minimum Gasteiger partial charge on any atom is -0.415 e. The SMILES string of the molecule is C[Si](C)(C)Nc1ncnc2c1ncn2[C@H]1O[C@@H](CO[Si](C)(C)C)[C@H](O[Si](C)(C)C)[C@@H]1O[Si](C)(C)C. The Bertz CT molecular complexity index is 1010. The third-order valence-corrected chi connectivity index (χ3v) is 9.05. The second kappa shape index (κ2) is 10.1. The van der Waals surface area contributed by atoms with Crippen LogP contribution < -0.4 is 4.98 Å². The monoisotopic (exact) mass is 555 g/mol. The first-order chi connectivity index (χ1) is 15.8. The van der Waals surface area contributed by atoms with Gasteiger partial charge in [0.25, 0.3) is 0 Å². The average Bonchev–Trinajstić information content (AvgIpc) is 3.19. The first-order valence-corrected chi connectivity index (χ1v) is 26.2. The Morgan fingerprint density at radius 3 is 1.97 bits per heavy atom. The third kappa shape index (κ3) is 8.02. The lowest BCUT2D eigenvalue weighted by Crippen LogP contribution is -2.48. The molecule has 1 fully saturated rings. The van der Waals surface area contributed by atoms with Crippen LogP contribution in [0.3, 0.4) is 0 Å². The molecule has 1 aliphatic rings. The molecule has 0 bridgehead atoms. The van der Waals surface area contributed by atoms with Crippen LogP contribution in [0.1, 0.15) is 6.23 Å². The minimum atomic E-state index is -1.94. The highest BCUT2D eigenvalue weighted by molar-refractivity contribution is 6.79. The number of nitrogens with one attached hydrogen (secondary N) is 1. The third-order valence-electron chi connectivity index (χ3n) is 5.07. The Hall–Kier alpha value is -0.942. The van der Waals surface area contributed by atoms with Crippen molar-refractivity contribution in [2.24, 2.45) is 0 Å². The van der Waals surface area contributed by atoms with Crippen LogP contribution in [0, 0.1) is 0 Å².